The predicted molar refractivity (Wildman–Crippen MR) is 62.3 cm³/mol. The van der Waals surface area contributed by atoms with Crippen LogP contribution in [0.1, 0.15) is 51.8 Å². The van der Waals surface area contributed by atoms with Gasteiger partial charge >= 0.3 is 0 Å². The minimum atomic E-state index is -0.150. The Kier molecular flexibility index (Phi) is 3.03. The van der Waals surface area contributed by atoms with Crippen molar-refractivity contribution in [1.82, 2.24) is 9.55 Å². The summed E-state index contributed by atoms with van der Waals surface area (Å²) in [5.74, 6) is 0.285. The highest BCUT2D eigenvalue weighted by Crippen LogP contribution is 2.25. The minimum Gasteiger partial charge on any atom is -0.302 e. The summed E-state index contributed by atoms with van der Waals surface area (Å²) in [6.07, 6.45) is 1.60. The maximum Gasteiger partial charge on any atom is 0.257 e. The minimum absolute atomic E-state index is 0.0706. The van der Waals surface area contributed by atoms with Crippen molar-refractivity contribution in [3.8, 4) is 0 Å². The van der Waals surface area contributed by atoms with Gasteiger partial charge in [0.25, 0.3) is 5.56 Å². The monoisotopic (exact) mass is 208 g/mol. The molecule has 1 heterocycles. The van der Waals surface area contributed by atoms with Gasteiger partial charge in [0.1, 0.15) is 0 Å². The smallest absolute Gasteiger partial charge is 0.257 e. The lowest BCUT2D eigenvalue weighted by molar-refractivity contribution is 0.548. The summed E-state index contributed by atoms with van der Waals surface area (Å²) in [4.78, 5) is 16.4. The lowest BCUT2D eigenvalue weighted by Gasteiger charge is -2.23. The van der Waals surface area contributed by atoms with E-state index in [1.165, 1.54) is 0 Å². The molecule has 15 heavy (non-hydrogen) atoms. The number of nitrogens with zero attached hydrogens (tertiary/aromatic N) is 2. The van der Waals surface area contributed by atoms with Crippen LogP contribution in [0.4, 0.5) is 0 Å². The average molecular weight is 208 g/mol. The Hall–Kier alpha value is -1.12. The van der Waals surface area contributed by atoms with Gasteiger partial charge in [0.15, 0.2) is 0 Å². The molecule has 1 aromatic heterocycles. The number of hydrogen-bond donors (Lipinski definition) is 0. The molecule has 0 aliphatic heterocycles. The zero-order valence-electron chi connectivity index (χ0n) is 10.5. The maximum atomic E-state index is 12.1. The molecule has 0 aromatic carbocycles. The van der Waals surface area contributed by atoms with Crippen molar-refractivity contribution >= 4 is 0 Å². The summed E-state index contributed by atoms with van der Waals surface area (Å²) >= 11 is 0. The molecule has 0 spiro atoms. The molecule has 1 rings (SSSR count). The molecular formula is C12H20N2O. The van der Waals surface area contributed by atoms with Gasteiger partial charge in [-0.2, -0.15) is 0 Å². The predicted octanol–water partition coefficient (Wildman–Crippen LogP) is 2.20. The van der Waals surface area contributed by atoms with Crippen LogP contribution in [0.3, 0.4) is 0 Å². The van der Waals surface area contributed by atoms with Crippen molar-refractivity contribution in [1.29, 1.82) is 0 Å². The van der Waals surface area contributed by atoms with Crippen LogP contribution in [0.15, 0.2) is 11.1 Å². The van der Waals surface area contributed by atoms with Crippen LogP contribution in [-0.2, 0) is 12.5 Å². The van der Waals surface area contributed by atoms with E-state index in [0.717, 1.165) is 11.3 Å². The van der Waals surface area contributed by atoms with E-state index in [0.29, 0.717) is 0 Å². The molecule has 0 saturated heterocycles. The van der Waals surface area contributed by atoms with Gasteiger partial charge < -0.3 is 4.57 Å². The van der Waals surface area contributed by atoms with E-state index in [-0.39, 0.29) is 16.9 Å². The summed E-state index contributed by atoms with van der Waals surface area (Å²) in [5, 5.41) is 0. The van der Waals surface area contributed by atoms with Crippen LogP contribution in [0.2, 0.25) is 0 Å². The summed E-state index contributed by atoms with van der Waals surface area (Å²) in [6.45, 7) is 10.3. The van der Waals surface area contributed by atoms with Gasteiger partial charge in [-0.25, -0.2) is 4.98 Å². The van der Waals surface area contributed by atoms with E-state index in [2.05, 4.69) is 39.6 Å². The first kappa shape index (κ1) is 12.0. The van der Waals surface area contributed by atoms with E-state index >= 15 is 0 Å². The molecule has 3 heteroatoms. The Balaban J connectivity index is 3.57. The molecule has 1 aromatic rings. The van der Waals surface area contributed by atoms with Crippen molar-refractivity contribution in [2.75, 3.05) is 0 Å². The van der Waals surface area contributed by atoms with Crippen LogP contribution in [-0.4, -0.2) is 9.55 Å². The van der Waals surface area contributed by atoms with Crippen LogP contribution < -0.4 is 5.56 Å². The zero-order valence-corrected chi connectivity index (χ0v) is 10.5. The molecule has 0 amide bonds. The topological polar surface area (TPSA) is 34.9 Å². The fourth-order valence-corrected chi connectivity index (χ4v) is 1.69. The van der Waals surface area contributed by atoms with E-state index in [9.17, 15) is 4.79 Å². The fourth-order valence-electron chi connectivity index (χ4n) is 1.69. The fraction of sp³-hybridized carbons (Fsp3) is 0.667. The number of hydrogen-bond acceptors (Lipinski definition) is 2. The molecule has 3 nitrogen and oxygen atoms in total. The van der Waals surface area contributed by atoms with Gasteiger partial charge in [-0.05, 0) is 11.3 Å². The Morgan fingerprint density at radius 3 is 2.27 bits per heavy atom. The van der Waals surface area contributed by atoms with Crippen molar-refractivity contribution in [2.45, 2.75) is 46.0 Å². The number of rotatable bonds is 1. The molecule has 0 unspecified atom stereocenters. The average Bonchev–Trinajstić information content (AvgIpc) is 2.06. The molecule has 0 fully saturated rings. The Morgan fingerprint density at radius 2 is 1.87 bits per heavy atom. The second kappa shape index (κ2) is 3.80. The highest BCUT2D eigenvalue weighted by molar-refractivity contribution is 5.27. The number of aromatic nitrogens is 2. The molecule has 84 valence electrons. The molecular weight excluding hydrogens is 188 g/mol. The first-order valence-corrected chi connectivity index (χ1v) is 5.31. The quantitative estimate of drug-likeness (QED) is 0.709. The molecule has 0 atom stereocenters. The zero-order chi connectivity index (χ0) is 11.8. The van der Waals surface area contributed by atoms with E-state index in [1.807, 2.05) is 0 Å². The van der Waals surface area contributed by atoms with Crippen molar-refractivity contribution in [3.05, 3.63) is 27.9 Å². The lowest BCUT2D eigenvalue weighted by Crippen LogP contribution is -2.32. The summed E-state index contributed by atoms with van der Waals surface area (Å²) in [6, 6.07) is 0. The third-order valence-corrected chi connectivity index (χ3v) is 2.46. The van der Waals surface area contributed by atoms with Gasteiger partial charge in [-0.1, -0.05) is 34.6 Å². The van der Waals surface area contributed by atoms with Crippen molar-refractivity contribution in [2.24, 2.45) is 7.05 Å². The van der Waals surface area contributed by atoms with Crippen LogP contribution in [0.5, 0.6) is 0 Å². The van der Waals surface area contributed by atoms with Crippen LogP contribution in [0.25, 0.3) is 0 Å². The highest BCUT2D eigenvalue weighted by Gasteiger charge is 2.24. The molecule has 0 aliphatic rings. The third kappa shape index (κ3) is 2.28. The van der Waals surface area contributed by atoms with E-state index in [4.69, 9.17) is 0 Å². The largest absolute Gasteiger partial charge is 0.302 e. The molecule has 0 saturated carbocycles. The van der Waals surface area contributed by atoms with Crippen LogP contribution in [0, 0.1) is 0 Å². The van der Waals surface area contributed by atoms with Gasteiger partial charge in [-0.15, -0.1) is 0 Å². The van der Waals surface area contributed by atoms with Gasteiger partial charge in [0, 0.05) is 12.6 Å². The summed E-state index contributed by atoms with van der Waals surface area (Å²) in [5.41, 5.74) is 1.68. The van der Waals surface area contributed by atoms with E-state index < -0.39 is 0 Å². The Morgan fingerprint density at radius 1 is 1.33 bits per heavy atom. The van der Waals surface area contributed by atoms with Crippen LogP contribution >= 0.6 is 0 Å². The molecule has 0 radical (unpaired) electrons. The van der Waals surface area contributed by atoms with Gasteiger partial charge in [0.2, 0.25) is 0 Å². The van der Waals surface area contributed by atoms with E-state index in [1.54, 1.807) is 17.9 Å². The molecule has 0 aliphatic carbocycles. The lowest BCUT2D eigenvalue weighted by atomic mass is 9.84. The maximum absolute atomic E-state index is 12.1. The van der Waals surface area contributed by atoms with Crippen molar-refractivity contribution in [3.63, 3.8) is 0 Å². The molecule has 0 N–H and O–H groups in total. The molecule has 0 bridgehead atoms. The Labute approximate surface area is 91.2 Å². The Bertz CT molecular complexity index is 411. The first-order valence-electron chi connectivity index (χ1n) is 5.31. The van der Waals surface area contributed by atoms with Gasteiger partial charge in [0.05, 0.1) is 12.0 Å². The summed E-state index contributed by atoms with van der Waals surface area (Å²) < 4.78 is 1.55. The highest BCUT2D eigenvalue weighted by atomic mass is 16.1. The number of aryl methyl sites for hydroxylation is 1. The van der Waals surface area contributed by atoms with Gasteiger partial charge in [-0.3, -0.25) is 4.79 Å². The third-order valence-electron chi connectivity index (χ3n) is 2.46. The van der Waals surface area contributed by atoms with Crippen molar-refractivity contribution < 1.29 is 0 Å². The first-order chi connectivity index (χ1) is 6.75. The SMILES string of the molecule is CC(C)c1ncn(C)c(=O)c1C(C)(C)C. The summed E-state index contributed by atoms with van der Waals surface area (Å²) in [7, 11) is 1.74. The second-order valence-electron chi connectivity index (χ2n) is 5.33. The standard InChI is InChI=1S/C12H20N2O/c1-8(2)10-9(12(3,4)5)11(15)14(6)7-13-10/h7-8H,1-6H3. The normalized spacial score (nSPS) is 12.2. The second-order valence-corrected chi connectivity index (χ2v) is 5.33.